The fraction of sp³-hybridized carbons (Fsp3) is 0.250. The highest BCUT2D eigenvalue weighted by molar-refractivity contribution is 5.27. The predicted molar refractivity (Wildman–Crippen MR) is 79.3 cm³/mol. The van der Waals surface area contributed by atoms with Gasteiger partial charge in [-0.15, -0.1) is 0 Å². The zero-order valence-electron chi connectivity index (χ0n) is 12.1. The summed E-state index contributed by atoms with van der Waals surface area (Å²) in [5.74, 6) is 0. The fourth-order valence-corrected chi connectivity index (χ4v) is 2.37. The number of hydrogen-bond acceptors (Lipinski definition) is 3. The first-order chi connectivity index (χ1) is 10.8. The lowest BCUT2D eigenvalue weighted by Crippen LogP contribution is -2.57. The molecule has 122 valence electrons. The van der Waals surface area contributed by atoms with E-state index in [1.807, 2.05) is 0 Å². The lowest BCUT2D eigenvalue weighted by Gasteiger charge is -2.33. The Morgan fingerprint density at radius 3 is 1.96 bits per heavy atom. The first-order valence-corrected chi connectivity index (χ1v) is 6.88. The molecule has 0 aliphatic heterocycles. The molecule has 0 unspecified atom stereocenters. The Kier molecular flexibility index (Phi) is 5.00. The summed E-state index contributed by atoms with van der Waals surface area (Å²) in [4.78, 5) is 9.97. The molecule has 0 aliphatic rings. The summed E-state index contributed by atoms with van der Waals surface area (Å²) < 4.78 is 41.3. The topological polar surface area (TPSA) is 55.2 Å². The van der Waals surface area contributed by atoms with Gasteiger partial charge in [-0.25, -0.2) is 0 Å². The van der Waals surface area contributed by atoms with Crippen molar-refractivity contribution in [3.8, 4) is 0 Å². The predicted octanol–water partition coefficient (Wildman–Crippen LogP) is 3.51. The van der Waals surface area contributed by atoms with Crippen LogP contribution in [0.25, 0.3) is 0 Å². The van der Waals surface area contributed by atoms with E-state index in [-0.39, 0.29) is 12.1 Å². The average molecular weight is 324 g/mol. The van der Waals surface area contributed by atoms with Gasteiger partial charge in [-0.3, -0.25) is 15.4 Å². The van der Waals surface area contributed by atoms with Crippen LogP contribution in [0.4, 0.5) is 13.2 Å². The number of halogens is 3. The molecule has 0 amide bonds. The number of benzene rings is 2. The van der Waals surface area contributed by atoms with Crippen LogP contribution in [0.5, 0.6) is 0 Å². The van der Waals surface area contributed by atoms with Gasteiger partial charge in [0.05, 0.1) is 0 Å². The van der Waals surface area contributed by atoms with Crippen molar-refractivity contribution in [2.75, 3.05) is 6.54 Å². The molecular formula is C16H15F3N2O2. The van der Waals surface area contributed by atoms with Crippen LogP contribution in [-0.4, -0.2) is 17.6 Å². The van der Waals surface area contributed by atoms with Gasteiger partial charge in [0.25, 0.3) is 0 Å². The number of hydrogen-bond donors (Lipinski definition) is 1. The molecule has 0 saturated carbocycles. The van der Waals surface area contributed by atoms with Crippen LogP contribution < -0.4 is 5.32 Å². The summed E-state index contributed by atoms with van der Waals surface area (Å²) in [6.07, 6.45) is -4.82. The van der Waals surface area contributed by atoms with Crippen LogP contribution in [0.1, 0.15) is 11.1 Å². The molecule has 2 rings (SSSR count). The van der Waals surface area contributed by atoms with Gasteiger partial charge in [-0.2, -0.15) is 13.2 Å². The van der Waals surface area contributed by atoms with Crippen molar-refractivity contribution in [3.63, 3.8) is 0 Å². The van der Waals surface area contributed by atoms with E-state index < -0.39 is 23.2 Å². The van der Waals surface area contributed by atoms with Gasteiger partial charge < -0.3 is 0 Å². The minimum atomic E-state index is -4.82. The van der Waals surface area contributed by atoms with E-state index in [1.165, 1.54) is 24.3 Å². The summed E-state index contributed by atoms with van der Waals surface area (Å²) >= 11 is 0. The molecule has 4 nitrogen and oxygen atoms in total. The zero-order valence-corrected chi connectivity index (χ0v) is 12.1. The van der Waals surface area contributed by atoms with Gasteiger partial charge in [0, 0.05) is 11.5 Å². The van der Waals surface area contributed by atoms with E-state index in [0.29, 0.717) is 5.56 Å². The second-order valence-corrected chi connectivity index (χ2v) is 5.10. The second-order valence-electron chi connectivity index (χ2n) is 5.10. The average Bonchev–Trinajstić information content (AvgIpc) is 2.52. The van der Waals surface area contributed by atoms with Crippen molar-refractivity contribution in [2.45, 2.75) is 18.3 Å². The molecule has 1 atom stereocenters. The standard InChI is InChI=1S/C16H15F3N2O2/c17-16(18,19)15(12-21(22)23,14-9-5-2-6-10-14)20-11-13-7-3-1-4-8-13/h1-10,20H,11-12H2/t15-/m0/s1. The third kappa shape index (κ3) is 3.87. The van der Waals surface area contributed by atoms with E-state index in [0.717, 1.165) is 0 Å². The highest BCUT2D eigenvalue weighted by Gasteiger charge is 2.59. The normalized spacial score (nSPS) is 14.2. The molecular weight excluding hydrogens is 309 g/mol. The highest BCUT2D eigenvalue weighted by atomic mass is 19.4. The molecule has 7 heteroatoms. The van der Waals surface area contributed by atoms with Gasteiger partial charge in [0.2, 0.25) is 12.1 Å². The third-order valence-electron chi connectivity index (χ3n) is 3.55. The monoisotopic (exact) mass is 324 g/mol. The Labute approximate surface area is 131 Å². The van der Waals surface area contributed by atoms with Gasteiger partial charge in [0.15, 0.2) is 0 Å². The SMILES string of the molecule is O=[N+]([O-])C[C@](NCc1ccccc1)(c1ccccc1)C(F)(F)F. The summed E-state index contributed by atoms with van der Waals surface area (Å²) in [5.41, 5.74) is -2.31. The van der Waals surface area contributed by atoms with Crippen molar-refractivity contribution in [1.82, 2.24) is 5.32 Å². The summed E-state index contributed by atoms with van der Waals surface area (Å²) in [6.45, 7) is -1.42. The molecule has 0 spiro atoms. The molecule has 0 heterocycles. The Balaban J connectivity index is 2.42. The summed E-state index contributed by atoms with van der Waals surface area (Å²) in [6, 6.07) is 15.4. The molecule has 2 aromatic rings. The van der Waals surface area contributed by atoms with Crippen molar-refractivity contribution >= 4 is 0 Å². The Bertz CT molecular complexity index is 647. The van der Waals surface area contributed by atoms with E-state index in [2.05, 4.69) is 5.32 Å². The number of nitrogens with zero attached hydrogens (tertiary/aromatic N) is 1. The Hall–Kier alpha value is -2.41. The van der Waals surface area contributed by atoms with Crippen molar-refractivity contribution in [3.05, 3.63) is 81.9 Å². The lowest BCUT2D eigenvalue weighted by molar-refractivity contribution is -0.504. The van der Waals surface area contributed by atoms with E-state index in [4.69, 9.17) is 0 Å². The van der Waals surface area contributed by atoms with Crippen LogP contribution in [-0.2, 0) is 12.1 Å². The third-order valence-corrected chi connectivity index (χ3v) is 3.55. The van der Waals surface area contributed by atoms with Crippen LogP contribution in [0.15, 0.2) is 60.7 Å². The van der Waals surface area contributed by atoms with E-state index in [1.54, 1.807) is 36.4 Å². The quantitative estimate of drug-likeness (QED) is 0.653. The maximum Gasteiger partial charge on any atom is 0.417 e. The maximum atomic E-state index is 13.8. The molecule has 0 bridgehead atoms. The number of alkyl halides is 3. The smallest absolute Gasteiger partial charge is 0.290 e. The highest BCUT2D eigenvalue weighted by Crippen LogP contribution is 2.39. The minimum absolute atomic E-state index is 0.136. The lowest BCUT2D eigenvalue weighted by atomic mass is 9.88. The molecule has 1 N–H and O–H groups in total. The summed E-state index contributed by atoms with van der Waals surface area (Å²) in [7, 11) is 0. The molecule has 0 radical (unpaired) electrons. The van der Waals surface area contributed by atoms with Crippen molar-refractivity contribution in [2.24, 2.45) is 0 Å². The van der Waals surface area contributed by atoms with Gasteiger partial charge in [-0.1, -0.05) is 60.7 Å². The van der Waals surface area contributed by atoms with Crippen LogP contribution in [0.2, 0.25) is 0 Å². The fourth-order valence-electron chi connectivity index (χ4n) is 2.37. The van der Waals surface area contributed by atoms with Crippen LogP contribution >= 0.6 is 0 Å². The number of nitro groups is 1. The van der Waals surface area contributed by atoms with Crippen LogP contribution in [0, 0.1) is 10.1 Å². The Morgan fingerprint density at radius 2 is 1.48 bits per heavy atom. The van der Waals surface area contributed by atoms with Gasteiger partial charge >= 0.3 is 6.18 Å². The van der Waals surface area contributed by atoms with E-state index in [9.17, 15) is 23.3 Å². The molecule has 0 aliphatic carbocycles. The van der Waals surface area contributed by atoms with E-state index >= 15 is 0 Å². The molecule has 0 fully saturated rings. The van der Waals surface area contributed by atoms with Gasteiger partial charge in [-0.05, 0) is 11.1 Å². The number of rotatable bonds is 6. The maximum absolute atomic E-state index is 13.8. The number of nitrogens with one attached hydrogen (secondary N) is 1. The molecule has 0 aromatic heterocycles. The molecule has 23 heavy (non-hydrogen) atoms. The molecule has 0 saturated heterocycles. The van der Waals surface area contributed by atoms with Gasteiger partial charge in [0.1, 0.15) is 0 Å². The van der Waals surface area contributed by atoms with Crippen molar-refractivity contribution < 1.29 is 18.1 Å². The minimum Gasteiger partial charge on any atom is -0.290 e. The first-order valence-electron chi connectivity index (χ1n) is 6.88. The van der Waals surface area contributed by atoms with Crippen LogP contribution in [0.3, 0.4) is 0 Å². The zero-order chi connectivity index (χ0) is 16.9. The summed E-state index contributed by atoms with van der Waals surface area (Å²) in [5, 5.41) is 13.3. The largest absolute Gasteiger partial charge is 0.417 e. The first kappa shape index (κ1) is 17.0. The Morgan fingerprint density at radius 1 is 0.957 bits per heavy atom. The molecule has 2 aromatic carbocycles. The van der Waals surface area contributed by atoms with Crippen molar-refractivity contribution in [1.29, 1.82) is 0 Å². The second kappa shape index (κ2) is 6.78.